The summed E-state index contributed by atoms with van der Waals surface area (Å²) in [6, 6.07) is 19.7. The molecule has 0 aliphatic heterocycles. The molecule has 2 aromatic carbocycles. The van der Waals surface area contributed by atoms with Crippen molar-refractivity contribution in [3.63, 3.8) is 0 Å². The smallest absolute Gasteiger partial charge is 0.306 e. The molecule has 10 rings (SSSR count). The Hall–Kier alpha value is -2.70. The van der Waals surface area contributed by atoms with Gasteiger partial charge in [0.05, 0.1) is 25.0 Å². The molecule has 2 aromatic rings. The number of carbonyl (C=O) groups excluding carboxylic acids is 2. The Morgan fingerprint density at radius 2 is 0.909 bits per heavy atom. The molecule has 8 fully saturated rings. The van der Waals surface area contributed by atoms with E-state index in [1.165, 1.54) is 25.7 Å². The minimum atomic E-state index is -0.120. The molecule has 0 spiro atoms. The molecule has 8 aliphatic rings. The zero-order valence-corrected chi connectivity index (χ0v) is 25.8. The van der Waals surface area contributed by atoms with Crippen molar-refractivity contribution in [1.82, 2.24) is 0 Å². The van der Waals surface area contributed by atoms with E-state index in [1.54, 1.807) is 0 Å². The van der Waals surface area contributed by atoms with Crippen LogP contribution in [0.1, 0.15) is 88.2 Å². The zero-order chi connectivity index (χ0) is 30.3. The van der Waals surface area contributed by atoms with Gasteiger partial charge in [-0.15, -0.1) is 0 Å². The number of aliphatic hydroxyl groups is 2. The summed E-state index contributed by atoms with van der Waals surface area (Å²) in [5.74, 6) is 3.01. The van der Waals surface area contributed by atoms with Gasteiger partial charge >= 0.3 is 11.9 Å². The minimum absolute atomic E-state index is 0.0692. The summed E-state index contributed by atoms with van der Waals surface area (Å²) in [6.45, 7) is 0.739. The molecule has 8 bridgehead atoms. The van der Waals surface area contributed by atoms with E-state index in [0.29, 0.717) is 49.7 Å². The number of hydrogen-bond acceptors (Lipinski definition) is 6. The lowest BCUT2D eigenvalue weighted by atomic mass is 9.48. The fourth-order valence-corrected chi connectivity index (χ4v) is 11.0. The van der Waals surface area contributed by atoms with Crippen LogP contribution in [0.4, 0.5) is 0 Å². The zero-order valence-electron chi connectivity index (χ0n) is 25.8. The highest BCUT2D eigenvalue weighted by molar-refractivity contribution is 5.71. The van der Waals surface area contributed by atoms with Gasteiger partial charge in [-0.3, -0.25) is 9.59 Å². The third-order valence-corrected chi connectivity index (χ3v) is 12.2. The third kappa shape index (κ3) is 6.35. The maximum Gasteiger partial charge on any atom is 0.306 e. The average molecular weight is 601 g/mol. The summed E-state index contributed by atoms with van der Waals surface area (Å²) in [4.78, 5) is 24.6. The van der Waals surface area contributed by atoms with Crippen molar-refractivity contribution in [2.45, 2.75) is 102 Å². The van der Waals surface area contributed by atoms with Gasteiger partial charge in [-0.2, -0.15) is 0 Å². The molecule has 6 heteroatoms. The third-order valence-electron chi connectivity index (χ3n) is 12.2. The van der Waals surface area contributed by atoms with Crippen molar-refractivity contribution in [3.8, 4) is 0 Å². The van der Waals surface area contributed by atoms with Crippen LogP contribution in [0.3, 0.4) is 0 Å². The SMILES string of the molecule is O=C(CC12CC3CC(C1)C(O)C(C3)C2)OCc1ccccc1.O=C(CC12CC3CC(C1)C(O)C(C3)C2)OCc1ccccc1. The monoisotopic (exact) mass is 600 g/mol. The molecule has 4 atom stereocenters. The van der Waals surface area contributed by atoms with Crippen LogP contribution in [0.25, 0.3) is 0 Å². The first kappa shape index (κ1) is 30.0. The predicted octanol–water partition coefficient (Wildman–Crippen LogP) is 6.61. The van der Waals surface area contributed by atoms with E-state index in [1.807, 2.05) is 60.7 Å². The molecule has 6 nitrogen and oxygen atoms in total. The van der Waals surface area contributed by atoms with Gasteiger partial charge in [-0.1, -0.05) is 60.7 Å². The first-order valence-electron chi connectivity index (χ1n) is 17.0. The fourth-order valence-electron chi connectivity index (χ4n) is 11.0. The largest absolute Gasteiger partial charge is 0.461 e. The fraction of sp³-hybridized carbons (Fsp3) is 0.632. The van der Waals surface area contributed by atoms with Gasteiger partial charge in [0.1, 0.15) is 13.2 Å². The second-order valence-electron chi connectivity index (χ2n) is 15.6. The van der Waals surface area contributed by atoms with E-state index in [-0.39, 0.29) is 35.0 Å². The Kier molecular flexibility index (Phi) is 8.34. The molecule has 236 valence electrons. The molecule has 0 amide bonds. The molecule has 4 unspecified atom stereocenters. The number of carbonyl (C=O) groups is 2. The lowest BCUT2D eigenvalue weighted by Crippen LogP contribution is -2.54. The number of rotatable bonds is 8. The first-order valence-corrected chi connectivity index (χ1v) is 17.0. The molecule has 8 saturated carbocycles. The number of esters is 2. The topological polar surface area (TPSA) is 93.1 Å². The van der Waals surface area contributed by atoms with Gasteiger partial charge in [-0.05, 0) is 122 Å². The van der Waals surface area contributed by atoms with Gasteiger partial charge in [0.25, 0.3) is 0 Å². The number of hydrogen-bond donors (Lipinski definition) is 2. The van der Waals surface area contributed by atoms with Gasteiger partial charge in [0.15, 0.2) is 0 Å². The Balaban J connectivity index is 0.000000142. The number of ether oxygens (including phenoxy) is 2. The van der Waals surface area contributed by atoms with Crippen LogP contribution < -0.4 is 0 Å². The van der Waals surface area contributed by atoms with Gasteiger partial charge in [-0.25, -0.2) is 0 Å². The van der Waals surface area contributed by atoms with Crippen molar-refractivity contribution in [2.75, 3.05) is 0 Å². The molecule has 0 heterocycles. The summed E-state index contributed by atoms with van der Waals surface area (Å²) in [6.07, 6.45) is 11.9. The van der Waals surface area contributed by atoms with Gasteiger partial charge in [0, 0.05) is 0 Å². The van der Waals surface area contributed by atoms with E-state index in [9.17, 15) is 19.8 Å². The van der Waals surface area contributed by atoms with E-state index in [0.717, 1.165) is 61.5 Å². The van der Waals surface area contributed by atoms with E-state index < -0.39 is 0 Å². The van der Waals surface area contributed by atoms with Crippen LogP contribution in [0.5, 0.6) is 0 Å². The Labute approximate surface area is 261 Å². The summed E-state index contributed by atoms with van der Waals surface area (Å²) < 4.78 is 11.0. The van der Waals surface area contributed by atoms with Crippen LogP contribution in [0.15, 0.2) is 60.7 Å². The quantitative estimate of drug-likeness (QED) is 0.331. The molecule has 0 saturated heterocycles. The second-order valence-corrected chi connectivity index (χ2v) is 15.6. The van der Waals surface area contributed by atoms with Crippen molar-refractivity contribution < 1.29 is 29.3 Å². The van der Waals surface area contributed by atoms with E-state index in [2.05, 4.69) is 0 Å². The summed E-state index contributed by atoms with van der Waals surface area (Å²) in [7, 11) is 0. The van der Waals surface area contributed by atoms with Crippen LogP contribution in [0.2, 0.25) is 0 Å². The summed E-state index contributed by atoms with van der Waals surface area (Å²) >= 11 is 0. The highest BCUT2D eigenvalue weighted by atomic mass is 16.5. The lowest BCUT2D eigenvalue weighted by Gasteiger charge is -2.58. The average Bonchev–Trinajstić information content (AvgIpc) is 3.00. The Morgan fingerprint density at radius 3 is 1.25 bits per heavy atom. The van der Waals surface area contributed by atoms with Crippen LogP contribution in [-0.2, 0) is 32.3 Å². The highest BCUT2D eigenvalue weighted by Gasteiger charge is 2.56. The molecule has 8 aliphatic carbocycles. The normalized spacial score (nSPS) is 39.0. The minimum Gasteiger partial charge on any atom is -0.461 e. The second kappa shape index (κ2) is 12.2. The summed E-state index contributed by atoms with van der Waals surface area (Å²) in [5, 5.41) is 20.6. The summed E-state index contributed by atoms with van der Waals surface area (Å²) in [5.41, 5.74) is 2.31. The molecule has 44 heavy (non-hydrogen) atoms. The van der Waals surface area contributed by atoms with Crippen molar-refractivity contribution in [3.05, 3.63) is 71.8 Å². The first-order chi connectivity index (χ1) is 21.3. The molecule has 2 N–H and O–H groups in total. The van der Waals surface area contributed by atoms with E-state index >= 15 is 0 Å². The molecule has 0 radical (unpaired) electrons. The van der Waals surface area contributed by atoms with E-state index in [4.69, 9.17) is 9.47 Å². The van der Waals surface area contributed by atoms with Crippen molar-refractivity contribution >= 4 is 11.9 Å². The Bertz CT molecular complexity index is 1180. The van der Waals surface area contributed by atoms with Crippen LogP contribution >= 0.6 is 0 Å². The predicted molar refractivity (Wildman–Crippen MR) is 166 cm³/mol. The van der Waals surface area contributed by atoms with Crippen molar-refractivity contribution in [1.29, 1.82) is 0 Å². The van der Waals surface area contributed by atoms with Crippen molar-refractivity contribution in [2.24, 2.45) is 46.3 Å². The molecule has 0 aromatic heterocycles. The van der Waals surface area contributed by atoms with Gasteiger partial charge in [0.2, 0.25) is 0 Å². The van der Waals surface area contributed by atoms with Gasteiger partial charge < -0.3 is 19.7 Å². The number of aliphatic hydroxyl groups excluding tert-OH is 2. The lowest BCUT2D eigenvalue weighted by molar-refractivity contribution is -0.164. The standard InChI is InChI=1S/2C19H24O3/c2*20-17(22-12-13-4-2-1-3-5-13)11-19-8-14-6-15(9-19)18(21)16(7-14)10-19/h2*1-5,14-16,18,21H,6-12H2. The maximum absolute atomic E-state index is 12.3. The number of benzene rings is 2. The maximum atomic E-state index is 12.3. The molecular weight excluding hydrogens is 552 g/mol. The highest BCUT2D eigenvalue weighted by Crippen LogP contribution is 2.62. The Morgan fingerprint density at radius 1 is 0.568 bits per heavy atom. The van der Waals surface area contributed by atoms with Crippen LogP contribution in [0, 0.1) is 46.3 Å². The van der Waals surface area contributed by atoms with Crippen LogP contribution in [-0.4, -0.2) is 34.4 Å². The molecular formula is C38H48O6.